The molecule has 0 bridgehead atoms. The third kappa shape index (κ3) is 3.76. The van der Waals surface area contributed by atoms with Crippen LogP contribution in [-0.2, 0) is 10.0 Å². The van der Waals surface area contributed by atoms with Crippen molar-refractivity contribution in [3.8, 4) is 0 Å². The van der Waals surface area contributed by atoms with E-state index in [0.29, 0.717) is 16.1 Å². The van der Waals surface area contributed by atoms with Crippen LogP contribution in [-0.4, -0.2) is 37.6 Å². The second-order valence-corrected chi connectivity index (χ2v) is 7.01. The standard InChI is InChI=1S/C12H15BrN4O4S/c1-7-11(8(2)17-16-7)22(19,20)15-6-5-14-12(18)9-3-4-10(13)21-9/h3-4,15H,5-6H2,1-2H3,(H,14,18)(H,16,17). The molecule has 2 rings (SSSR count). The number of halogens is 1. The Morgan fingerprint density at radius 1 is 1.36 bits per heavy atom. The fourth-order valence-electron chi connectivity index (χ4n) is 1.89. The molecule has 10 heteroatoms. The molecule has 0 saturated heterocycles. The molecule has 2 aromatic heterocycles. The van der Waals surface area contributed by atoms with Crippen molar-refractivity contribution >= 4 is 31.9 Å². The predicted molar refractivity (Wildman–Crippen MR) is 82.0 cm³/mol. The highest BCUT2D eigenvalue weighted by Gasteiger charge is 2.21. The van der Waals surface area contributed by atoms with E-state index in [1.807, 2.05) is 0 Å². The molecule has 0 aliphatic carbocycles. The lowest BCUT2D eigenvalue weighted by Gasteiger charge is -2.07. The SMILES string of the molecule is Cc1n[nH]c(C)c1S(=O)(=O)NCCNC(=O)c1ccc(Br)o1. The van der Waals surface area contributed by atoms with Gasteiger partial charge < -0.3 is 9.73 Å². The minimum absolute atomic E-state index is 0.0556. The Bertz CT molecular complexity index is 761. The van der Waals surface area contributed by atoms with Crippen molar-refractivity contribution in [1.29, 1.82) is 0 Å². The number of aryl methyl sites for hydroxylation is 2. The number of nitrogens with one attached hydrogen (secondary N) is 3. The van der Waals surface area contributed by atoms with Crippen molar-refractivity contribution in [2.24, 2.45) is 0 Å². The zero-order chi connectivity index (χ0) is 16.3. The van der Waals surface area contributed by atoms with Gasteiger partial charge in [0.15, 0.2) is 10.4 Å². The molecule has 22 heavy (non-hydrogen) atoms. The molecule has 2 aromatic rings. The van der Waals surface area contributed by atoms with Gasteiger partial charge in [-0.15, -0.1) is 0 Å². The Balaban J connectivity index is 1.87. The Morgan fingerprint density at radius 3 is 2.64 bits per heavy atom. The predicted octanol–water partition coefficient (Wildman–Crippen LogP) is 1.09. The van der Waals surface area contributed by atoms with E-state index in [1.165, 1.54) is 6.07 Å². The van der Waals surface area contributed by atoms with Crippen LogP contribution in [0.1, 0.15) is 21.9 Å². The average Bonchev–Trinajstić information content (AvgIpc) is 3.01. The normalized spacial score (nSPS) is 11.6. The third-order valence-electron chi connectivity index (χ3n) is 2.83. The third-order valence-corrected chi connectivity index (χ3v) is 4.98. The number of hydrogen-bond donors (Lipinski definition) is 3. The maximum absolute atomic E-state index is 12.1. The average molecular weight is 391 g/mol. The smallest absolute Gasteiger partial charge is 0.287 e. The van der Waals surface area contributed by atoms with Crippen LogP contribution in [0.4, 0.5) is 0 Å². The Hall–Kier alpha value is -1.65. The van der Waals surface area contributed by atoms with Crippen molar-refractivity contribution in [1.82, 2.24) is 20.2 Å². The van der Waals surface area contributed by atoms with E-state index < -0.39 is 15.9 Å². The van der Waals surface area contributed by atoms with E-state index in [2.05, 4.69) is 36.2 Å². The number of nitrogens with zero attached hydrogens (tertiary/aromatic N) is 1. The number of H-pyrrole nitrogens is 1. The molecule has 0 fully saturated rings. The molecule has 1 amide bonds. The van der Waals surface area contributed by atoms with E-state index >= 15 is 0 Å². The molecule has 8 nitrogen and oxygen atoms in total. The van der Waals surface area contributed by atoms with Gasteiger partial charge in [0.2, 0.25) is 10.0 Å². The van der Waals surface area contributed by atoms with Crippen LogP contribution in [0.15, 0.2) is 26.1 Å². The van der Waals surface area contributed by atoms with Gasteiger partial charge >= 0.3 is 0 Å². The summed E-state index contributed by atoms with van der Waals surface area (Å²) >= 11 is 3.10. The Morgan fingerprint density at radius 2 is 2.09 bits per heavy atom. The van der Waals surface area contributed by atoms with E-state index in [4.69, 9.17) is 4.42 Å². The lowest BCUT2D eigenvalue weighted by molar-refractivity contribution is 0.0925. The summed E-state index contributed by atoms with van der Waals surface area (Å²) in [5, 5.41) is 9.03. The van der Waals surface area contributed by atoms with Crippen LogP contribution in [0.5, 0.6) is 0 Å². The zero-order valence-corrected chi connectivity index (χ0v) is 14.3. The van der Waals surface area contributed by atoms with Crippen molar-refractivity contribution in [2.45, 2.75) is 18.7 Å². The van der Waals surface area contributed by atoms with Crippen LogP contribution in [0.3, 0.4) is 0 Å². The van der Waals surface area contributed by atoms with Crippen molar-refractivity contribution < 1.29 is 17.6 Å². The van der Waals surface area contributed by atoms with E-state index in [0.717, 1.165) is 0 Å². The van der Waals surface area contributed by atoms with Crippen molar-refractivity contribution in [3.05, 3.63) is 34.0 Å². The Kier molecular flexibility index (Phi) is 5.04. The summed E-state index contributed by atoms with van der Waals surface area (Å²) in [5.74, 6) is -0.267. The number of furan rings is 1. The first-order valence-corrected chi connectivity index (χ1v) is 8.63. The molecule has 0 atom stereocenters. The van der Waals surface area contributed by atoms with Gasteiger partial charge in [-0.2, -0.15) is 5.10 Å². The first-order valence-electron chi connectivity index (χ1n) is 6.36. The fourth-order valence-corrected chi connectivity index (χ4v) is 3.60. The largest absolute Gasteiger partial charge is 0.444 e. The summed E-state index contributed by atoms with van der Waals surface area (Å²) in [7, 11) is -3.66. The molecule has 3 N–H and O–H groups in total. The molecule has 0 spiro atoms. The molecular formula is C12H15BrN4O4S. The molecule has 0 aromatic carbocycles. The van der Waals surface area contributed by atoms with E-state index in [-0.39, 0.29) is 23.7 Å². The quantitative estimate of drug-likeness (QED) is 0.638. The Labute approximate surface area is 135 Å². The van der Waals surface area contributed by atoms with Gasteiger partial charge in [0.25, 0.3) is 5.91 Å². The lowest BCUT2D eigenvalue weighted by atomic mass is 10.4. The molecule has 0 unspecified atom stereocenters. The number of amides is 1. The van der Waals surface area contributed by atoms with Crippen LogP contribution in [0.25, 0.3) is 0 Å². The highest BCUT2D eigenvalue weighted by molar-refractivity contribution is 9.10. The van der Waals surface area contributed by atoms with Gasteiger partial charge in [0, 0.05) is 13.1 Å². The van der Waals surface area contributed by atoms with Gasteiger partial charge in [0.1, 0.15) is 4.90 Å². The van der Waals surface area contributed by atoms with Crippen LogP contribution < -0.4 is 10.0 Å². The van der Waals surface area contributed by atoms with Gasteiger partial charge in [0.05, 0.1) is 11.4 Å². The topological polar surface area (TPSA) is 117 Å². The van der Waals surface area contributed by atoms with Gasteiger partial charge in [-0.1, -0.05) is 0 Å². The number of hydrogen-bond acceptors (Lipinski definition) is 5. The molecule has 2 heterocycles. The minimum Gasteiger partial charge on any atom is -0.444 e. The summed E-state index contributed by atoms with van der Waals surface area (Å²) < 4.78 is 32.2. The lowest BCUT2D eigenvalue weighted by Crippen LogP contribution is -2.34. The molecule has 0 saturated carbocycles. The van der Waals surface area contributed by atoms with E-state index in [9.17, 15) is 13.2 Å². The maximum atomic E-state index is 12.1. The molecule has 0 radical (unpaired) electrons. The summed E-state index contributed by atoms with van der Waals surface area (Å²) in [4.78, 5) is 11.8. The molecule has 120 valence electrons. The number of sulfonamides is 1. The summed E-state index contributed by atoms with van der Waals surface area (Å²) in [6.45, 7) is 3.42. The van der Waals surface area contributed by atoms with Gasteiger partial charge in [-0.3, -0.25) is 9.89 Å². The van der Waals surface area contributed by atoms with Crippen LogP contribution in [0.2, 0.25) is 0 Å². The zero-order valence-electron chi connectivity index (χ0n) is 11.9. The number of rotatable bonds is 6. The first-order chi connectivity index (χ1) is 10.3. The minimum atomic E-state index is -3.66. The summed E-state index contributed by atoms with van der Waals surface area (Å²) in [6.07, 6.45) is 0. The highest BCUT2D eigenvalue weighted by Crippen LogP contribution is 2.16. The number of carbonyl (C=O) groups is 1. The first kappa shape index (κ1) is 16.7. The summed E-state index contributed by atoms with van der Waals surface area (Å²) in [5.41, 5.74) is 0.865. The van der Waals surface area contributed by atoms with E-state index in [1.54, 1.807) is 19.9 Å². The van der Waals surface area contributed by atoms with Crippen molar-refractivity contribution in [2.75, 3.05) is 13.1 Å². The van der Waals surface area contributed by atoms with Gasteiger partial charge in [-0.25, -0.2) is 13.1 Å². The molecule has 0 aliphatic heterocycles. The molecular weight excluding hydrogens is 376 g/mol. The number of aromatic nitrogens is 2. The van der Waals surface area contributed by atoms with Crippen LogP contribution in [0, 0.1) is 13.8 Å². The molecule has 0 aliphatic rings. The summed E-state index contributed by atoms with van der Waals surface area (Å²) in [6, 6.07) is 3.11. The van der Waals surface area contributed by atoms with Gasteiger partial charge in [-0.05, 0) is 41.9 Å². The highest BCUT2D eigenvalue weighted by atomic mass is 79.9. The maximum Gasteiger partial charge on any atom is 0.287 e. The second kappa shape index (κ2) is 6.63. The number of carbonyl (C=O) groups excluding carboxylic acids is 1. The van der Waals surface area contributed by atoms with Crippen LogP contribution >= 0.6 is 15.9 Å². The van der Waals surface area contributed by atoms with Crippen molar-refractivity contribution in [3.63, 3.8) is 0 Å². The fraction of sp³-hybridized carbons (Fsp3) is 0.333. The second-order valence-electron chi connectivity index (χ2n) is 4.52. The monoisotopic (exact) mass is 390 g/mol. The number of aromatic amines is 1.